The molecule has 11 heavy (non-hydrogen) atoms. The van der Waals surface area contributed by atoms with Gasteiger partial charge in [-0.05, 0) is 18.8 Å². The highest BCUT2D eigenvalue weighted by Gasteiger charge is 2.52. The summed E-state index contributed by atoms with van der Waals surface area (Å²) in [5.74, 6) is 0.531. The number of carbonyl (C=O) groups is 1. The van der Waals surface area contributed by atoms with Crippen LogP contribution >= 0.6 is 0 Å². The third-order valence-corrected chi connectivity index (χ3v) is 2.49. The summed E-state index contributed by atoms with van der Waals surface area (Å²) >= 11 is 0. The summed E-state index contributed by atoms with van der Waals surface area (Å²) in [6.07, 6.45) is 2.17. The molecule has 2 aliphatic heterocycles. The zero-order valence-corrected chi connectivity index (χ0v) is 6.63. The van der Waals surface area contributed by atoms with E-state index in [4.69, 9.17) is 9.47 Å². The first-order valence-electron chi connectivity index (χ1n) is 3.98. The van der Waals surface area contributed by atoms with Gasteiger partial charge in [-0.15, -0.1) is 0 Å². The van der Waals surface area contributed by atoms with Crippen LogP contribution in [0.5, 0.6) is 0 Å². The van der Waals surface area contributed by atoms with Crippen LogP contribution in [0.1, 0.15) is 19.8 Å². The molecule has 0 aromatic heterocycles. The van der Waals surface area contributed by atoms with Crippen LogP contribution in [0.4, 0.5) is 0 Å². The lowest BCUT2D eigenvalue weighted by Crippen LogP contribution is -2.41. The lowest BCUT2D eigenvalue weighted by Gasteiger charge is -2.34. The first-order valence-corrected chi connectivity index (χ1v) is 3.98. The molecule has 0 amide bonds. The molecule has 3 aliphatic rings. The summed E-state index contributed by atoms with van der Waals surface area (Å²) in [6.45, 7) is 2.75. The lowest BCUT2D eigenvalue weighted by molar-refractivity contribution is -0.151. The molecule has 0 N–H and O–H groups in total. The molecule has 2 heterocycles. The van der Waals surface area contributed by atoms with Gasteiger partial charge in [0.2, 0.25) is 0 Å². The molecular weight excluding hydrogens is 144 g/mol. The van der Waals surface area contributed by atoms with Crippen LogP contribution in [0, 0.1) is 5.92 Å². The van der Waals surface area contributed by atoms with Gasteiger partial charge >= 0.3 is 5.97 Å². The van der Waals surface area contributed by atoms with Crippen LogP contribution in [0.25, 0.3) is 0 Å². The Labute approximate surface area is 65.7 Å². The average molecular weight is 156 g/mol. The fourth-order valence-electron chi connectivity index (χ4n) is 1.92. The SMILES string of the molecule is CC(=O)OCC12CC(CO1)C2. The van der Waals surface area contributed by atoms with Gasteiger partial charge in [-0.1, -0.05) is 0 Å². The zero-order valence-electron chi connectivity index (χ0n) is 6.63. The molecule has 0 atom stereocenters. The molecule has 1 saturated carbocycles. The first kappa shape index (κ1) is 7.10. The molecule has 3 heteroatoms. The number of hydrogen-bond donors (Lipinski definition) is 0. The summed E-state index contributed by atoms with van der Waals surface area (Å²) in [6, 6.07) is 0. The van der Waals surface area contributed by atoms with E-state index in [1.807, 2.05) is 0 Å². The number of esters is 1. The molecule has 0 spiro atoms. The van der Waals surface area contributed by atoms with Gasteiger partial charge in [0.1, 0.15) is 12.2 Å². The van der Waals surface area contributed by atoms with Crippen molar-refractivity contribution >= 4 is 5.97 Å². The minimum absolute atomic E-state index is 0.0731. The van der Waals surface area contributed by atoms with Crippen molar-refractivity contribution in [3.05, 3.63) is 0 Å². The Morgan fingerprint density at radius 3 is 2.91 bits per heavy atom. The van der Waals surface area contributed by atoms with Crippen molar-refractivity contribution in [1.29, 1.82) is 0 Å². The second-order valence-electron chi connectivity index (χ2n) is 3.55. The van der Waals surface area contributed by atoms with Crippen LogP contribution < -0.4 is 0 Å². The maximum absolute atomic E-state index is 10.5. The van der Waals surface area contributed by atoms with Crippen LogP contribution in [0.3, 0.4) is 0 Å². The Kier molecular flexibility index (Phi) is 1.42. The van der Waals surface area contributed by atoms with Gasteiger partial charge in [-0.25, -0.2) is 0 Å². The molecule has 3 fully saturated rings. The molecular formula is C8H12O3. The summed E-state index contributed by atoms with van der Waals surface area (Å²) in [5, 5.41) is 0. The highest BCUT2D eigenvalue weighted by Crippen LogP contribution is 2.48. The van der Waals surface area contributed by atoms with E-state index in [0.717, 1.165) is 25.4 Å². The van der Waals surface area contributed by atoms with E-state index in [0.29, 0.717) is 6.61 Å². The minimum Gasteiger partial charge on any atom is -0.463 e. The molecule has 62 valence electrons. The van der Waals surface area contributed by atoms with E-state index >= 15 is 0 Å². The van der Waals surface area contributed by atoms with Crippen molar-refractivity contribution in [2.45, 2.75) is 25.4 Å². The lowest BCUT2D eigenvalue weighted by atomic mass is 9.75. The number of fused-ring (bicyclic) bond motifs is 1. The van der Waals surface area contributed by atoms with Gasteiger partial charge in [0, 0.05) is 6.92 Å². The number of ether oxygens (including phenoxy) is 2. The Morgan fingerprint density at radius 1 is 1.73 bits per heavy atom. The molecule has 2 bridgehead atoms. The Balaban J connectivity index is 1.82. The van der Waals surface area contributed by atoms with E-state index < -0.39 is 0 Å². The summed E-state index contributed by atoms with van der Waals surface area (Å²) in [7, 11) is 0. The molecule has 2 saturated heterocycles. The fourth-order valence-corrected chi connectivity index (χ4v) is 1.92. The van der Waals surface area contributed by atoms with Crippen LogP contribution in [-0.4, -0.2) is 24.8 Å². The van der Waals surface area contributed by atoms with Gasteiger partial charge in [-0.3, -0.25) is 4.79 Å². The first-order chi connectivity index (χ1) is 5.20. The van der Waals surface area contributed by atoms with E-state index in [9.17, 15) is 4.79 Å². The van der Waals surface area contributed by atoms with Crippen molar-refractivity contribution in [1.82, 2.24) is 0 Å². The van der Waals surface area contributed by atoms with E-state index in [-0.39, 0.29) is 11.6 Å². The highest BCUT2D eigenvalue weighted by atomic mass is 16.6. The standard InChI is InChI=1S/C8H12O3/c1-6(9)10-5-8-2-7(3-8)4-11-8/h7H,2-5H2,1H3. The highest BCUT2D eigenvalue weighted by molar-refractivity contribution is 5.66. The Hall–Kier alpha value is -0.570. The van der Waals surface area contributed by atoms with E-state index in [1.165, 1.54) is 6.92 Å². The van der Waals surface area contributed by atoms with E-state index in [1.54, 1.807) is 0 Å². The van der Waals surface area contributed by atoms with Crippen molar-refractivity contribution in [2.24, 2.45) is 5.92 Å². The van der Waals surface area contributed by atoms with E-state index in [2.05, 4.69) is 0 Å². The molecule has 3 rings (SSSR count). The summed E-state index contributed by atoms with van der Waals surface area (Å²) in [4.78, 5) is 10.5. The maximum atomic E-state index is 10.5. The van der Waals surface area contributed by atoms with Crippen molar-refractivity contribution in [3.8, 4) is 0 Å². The van der Waals surface area contributed by atoms with Gasteiger partial charge in [-0.2, -0.15) is 0 Å². The predicted molar refractivity (Wildman–Crippen MR) is 38.0 cm³/mol. The van der Waals surface area contributed by atoms with Gasteiger partial charge in [0.15, 0.2) is 0 Å². The summed E-state index contributed by atoms with van der Waals surface area (Å²) in [5.41, 5.74) is -0.0731. The predicted octanol–water partition coefficient (Wildman–Crippen LogP) is 0.728. The van der Waals surface area contributed by atoms with Crippen molar-refractivity contribution in [2.75, 3.05) is 13.2 Å². The number of carbonyl (C=O) groups excluding carboxylic acids is 1. The second kappa shape index (κ2) is 2.21. The largest absolute Gasteiger partial charge is 0.463 e. The quantitative estimate of drug-likeness (QED) is 0.553. The summed E-state index contributed by atoms with van der Waals surface area (Å²) < 4.78 is 10.4. The topological polar surface area (TPSA) is 35.5 Å². The Morgan fingerprint density at radius 2 is 2.45 bits per heavy atom. The van der Waals surface area contributed by atoms with Crippen molar-refractivity contribution in [3.63, 3.8) is 0 Å². The molecule has 3 nitrogen and oxygen atoms in total. The number of rotatable bonds is 2. The zero-order chi connectivity index (χ0) is 7.90. The third-order valence-electron chi connectivity index (χ3n) is 2.49. The average Bonchev–Trinajstić information content (AvgIpc) is 2.38. The second-order valence-corrected chi connectivity index (χ2v) is 3.55. The normalized spacial score (nSPS) is 39.9. The molecule has 0 aromatic carbocycles. The smallest absolute Gasteiger partial charge is 0.302 e. The Bertz CT molecular complexity index is 176. The van der Waals surface area contributed by atoms with Gasteiger partial charge in [0.05, 0.1) is 6.61 Å². The van der Waals surface area contributed by atoms with Gasteiger partial charge in [0.25, 0.3) is 0 Å². The fraction of sp³-hybridized carbons (Fsp3) is 0.875. The molecule has 0 aromatic rings. The minimum atomic E-state index is -0.210. The number of hydrogen-bond acceptors (Lipinski definition) is 3. The monoisotopic (exact) mass is 156 g/mol. The maximum Gasteiger partial charge on any atom is 0.302 e. The van der Waals surface area contributed by atoms with Crippen LogP contribution in [0.15, 0.2) is 0 Å². The van der Waals surface area contributed by atoms with Crippen LogP contribution in [0.2, 0.25) is 0 Å². The molecule has 0 unspecified atom stereocenters. The third kappa shape index (κ3) is 1.13. The molecule has 0 radical (unpaired) electrons. The van der Waals surface area contributed by atoms with Crippen molar-refractivity contribution < 1.29 is 14.3 Å². The van der Waals surface area contributed by atoms with Gasteiger partial charge < -0.3 is 9.47 Å². The molecule has 1 aliphatic carbocycles. The van der Waals surface area contributed by atoms with Crippen LogP contribution in [-0.2, 0) is 14.3 Å².